The number of aliphatic carboxylic acids is 2. The molecule has 0 saturated carbocycles. The van der Waals surface area contributed by atoms with Crippen LogP contribution in [0.4, 0.5) is 0 Å². The number of carboxylic acids is 2. The van der Waals surface area contributed by atoms with Crippen LogP contribution in [-0.2, 0) is 24.0 Å². The van der Waals surface area contributed by atoms with Gasteiger partial charge in [0.25, 0.3) is 0 Å². The van der Waals surface area contributed by atoms with Crippen molar-refractivity contribution in [2.75, 3.05) is 19.7 Å². The van der Waals surface area contributed by atoms with Crippen molar-refractivity contribution >= 4 is 29.7 Å². The van der Waals surface area contributed by atoms with Gasteiger partial charge in [0, 0.05) is 0 Å². The monoisotopic (exact) mass is 445 g/mol. The zero-order valence-electron chi connectivity index (χ0n) is 17.1. The number of hydrogen-bond acceptors (Lipinski definition) is 8. The van der Waals surface area contributed by atoms with Crippen molar-refractivity contribution < 1.29 is 39.3 Å². The van der Waals surface area contributed by atoms with Crippen LogP contribution in [0.3, 0.4) is 0 Å². The molecule has 0 spiro atoms. The average molecular weight is 445 g/mol. The number of aliphatic hydroxyl groups excluding tert-OH is 1. The van der Waals surface area contributed by atoms with Gasteiger partial charge in [-0.2, -0.15) is 0 Å². The van der Waals surface area contributed by atoms with Crippen LogP contribution in [0.15, 0.2) is 0 Å². The Morgan fingerprint density at radius 2 is 1.61 bits per heavy atom. The summed E-state index contributed by atoms with van der Waals surface area (Å²) in [6.45, 7) is 0.218. The molecule has 31 heavy (non-hydrogen) atoms. The fraction of sp³-hybridized carbons (Fsp3) is 0.722. The largest absolute Gasteiger partial charge is 0.481 e. The Bertz CT molecular complexity index is 653. The van der Waals surface area contributed by atoms with Gasteiger partial charge in [0.2, 0.25) is 17.7 Å². The highest BCUT2D eigenvalue weighted by atomic mass is 16.4. The summed E-state index contributed by atoms with van der Waals surface area (Å²) in [5.74, 6) is -5.19. The van der Waals surface area contributed by atoms with Crippen LogP contribution in [0.5, 0.6) is 0 Å². The molecule has 1 rings (SSSR count). The number of carbonyl (C=O) groups is 5. The van der Waals surface area contributed by atoms with Crippen LogP contribution < -0.4 is 27.0 Å². The molecule has 0 aromatic carbocycles. The second-order valence-corrected chi connectivity index (χ2v) is 7.24. The standard InChI is InChI=1S/C18H31N5O8/c19-6-2-1-4-11(18(30)31)21-16(28)12(8-14(25)26)22-17(29)13(9-24)23-15(27)10-5-3-7-20-10/h10-13,20,24H,1-9,19H2,(H,21,28)(H,22,29)(H,23,27)(H,25,26)(H,30,31)/t10-,11-,12-,13-/m0/s1. The lowest BCUT2D eigenvalue weighted by atomic mass is 10.1. The van der Waals surface area contributed by atoms with E-state index in [1.54, 1.807) is 0 Å². The molecule has 9 N–H and O–H groups in total. The molecule has 0 bridgehead atoms. The van der Waals surface area contributed by atoms with Gasteiger partial charge in [0.1, 0.15) is 18.1 Å². The minimum atomic E-state index is -1.60. The smallest absolute Gasteiger partial charge is 0.326 e. The van der Waals surface area contributed by atoms with E-state index < -0.39 is 66.9 Å². The number of unbranched alkanes of at least 4 members (excludes halogenated alkanes) is 1. The highest BCUT2D eigenvalue weighted by Crippen LogP contribution is 2.06. The highest BCUT2D eigenvalue weighted by molar-refractivity contribution is 5.95. The third-order valence-corrected chi connectivity index (χ3v) is 4.77. The maximum absolute atomic E-state index is 12.5. The van der Waals surface area contributed by atoms with Crippen LogP contribution >= 0.6 is 0 Å². The van der Waals surface area contributed by atoms with Gasteiger partial charge in [-0.1, -0.05) is 0 Å². The van der Waals surface area contributed by atoms with Gasteiger partial charge in [-0.15, -0.1) is 0 Å². The van der Waals surface area contributed by atoms with Crippen molar-refractivity contribution in [1.29, 1.82) is 0 Å². The normalized spacial score (nSPS) is 18.5. The van der Waals surface area contributed by atoms with Crippen molar-refractivity contribution in [2.24, 2.45) is 5.73 Å². The van der Waals surface area contributed by atoms with Crippen LogP contribution in [0.25, 0.3) is 0 Å². The summed E-state index contributed by atoms with van der Waals surface area (Å²) in [4.78, 5) is 59.5. The lowest BCUT2D eigenvalue weighted by molar-refractivity contribution is -0.144. The molecule has 0 aromatic rings. The van der Waals surface area contributed by atoms with Gasteiger partial charge >= 0.3 is 11.9 Å². The Labute approximate surface area is 179 Å². The molecule has 1 fully saturated rings. The van der Waals surface area contributed by atoms with Gasteiger partial charge in [-0.25, -0.2) is 4.79 Å². The third-order valence-electron chi connectivity index (χ3n) is 4.77. The zero-order chi connectivity index (χ0) is 23.4. The fourth-order valence-corrected chi connectivity index (χ4v) is 3.05. The average Bonchev–Trinajstić information content (AvgIpc) is 3.25. The molecule has 1 saturated heterocycles. The summed E-state index contributed by atoms with van der Waals surface area (Å²) in [7, 11) is 0. The lowest BCUT2D eigenvalue weighted by Gasteiger charge is -2.23. The van der Waals surface area contributed by atoms with E-state index in [1.165, 1.54) is 0 Å². The van der Waals surface area contributed by atoms with Gasteiger partial charge in [0.15, 0.2) is 0 Å². The summed E-state index contributed by atoms with van der Waals surface area (Å²) < 4.78 is 0. The summed E-state index contributed by atoms with van der Waals surface area (Å²) in [5, 5.41) is 37.4. The van der Waals surface area contributed by atoms with Gasteiger partial charge < -0.3 is 42.3 Å². The minimum Gasteiger partial charge on any atom is -0.481 e. The molecule has 13 heteroatoms. The highest BCUT2D eigenvalue weighted by Gasteiger charge is 2.32. The summed E-state index contributed by atoms with van der Waals surface area (Å²) in [5.41, 5.74) is 5.36. The van der Waals surface area contributed by atoms with E-state index in [0.717, 1.165) is 6.42 Å². The molecule has 1 aliphatic heterocycles. The second kappa shape index (κ2) is 13.5. The quantitative estimate of drug-likeness (QED) is 0.126. The molecule has 0 aromatic heterocycles. The third kappa shape index (κ3) is 9.27. The molecule has 176 valence electrons. The zero-order valence-corrected chi connectivity index (χ0v) is 17.1. The Hall–Kier alpha value is -2.77. The van der Waals surface area contributed by atoms with E-state index in [-0.39, 0.29) is 6.42 Å². The first-order valence-electron chi connectivity index (χ1n) is 10.1. The number of aliphatic hydroxyl groups is 1. The molecule has 0 aliphatic carbocycles. The van der Waals surface area contributed by atoms with Gasteiger partial charge in [-0.3, -0.25) is 19.2 Å². The van der Waals surface area contributed by atoms with Crippen LogP contribution in [0.2, 0.25) is 0 Å². The molecule has 1 aliphatic rings. The first-order valence-corrected chi connectivity index (χ1v) is 10.1. The van der Waals surface area contributed by atoms with Crippen molar-refractivity contribution in [3.8, 4) is 0 Å². The number of hydrogen-bond donors (Lipinski definition) is 8. The molecular weight excluding hydrogens is 414 g/mol. The molecule has 3 amide bonds. The molecule has 0 radical (unpaired) electrons. The maximum atomic E-state index is 12.5. The predicted molar refractivity (Wildman–Crippen MR) is 107 cm³/mol. The van der Waals surface area contributed by atoms with E-state index in [2.05, 4.69) is 21.3 Å². The SMILES string of the molecule is NCCCC[C@H](NC(=O)[C@H](CC(=O)O)NC(=O)[C@H](CO)NC(=O)[C@@H]1CCCN1)C(=O)O. The van der Waals surface area contributed by atoms with Crippen molar-refractivity contribution in [3.63, 3.8) is 0 Å². The first-order chi connectivity index (χ1) is 14.7. The number of carboxylic acid groups (broad SMARTS) is 2. The first kappa shape index (κ1) is 26.3. The topological polar surface area (TPSA) is 220 Å². The van der Waals surface area contributed by atoms with E-state index >= 15 is 0 Å². The number of amides is 3. The number of carbonyl (C=O) groups excluding carboxylic acids is 3. The Morgan fingerprint density at radius 3 is 2.13 bits per heavy atom. The maximum Gasteiger partial charge on any atom is 0.326 e. The van der Waals surface area contributed by atoms with E-state index in [9.17, 15) is 34.2 Å². The van der Waals surface area contributed by atoms with Crippen molar-refractivity contribution in [2.45, 2.75) is 62.7 Å². The Morgan fingerprint density at radius 1 is 0.968 bits per heavy atom. The summed E-state index contributed by atoms with van der Waals surface area (Å²) >= 11 is 0. The molecule has 1 heterocycles. The van der Waals surface area contributed by atoms with E-state index in [4.69, 9.17) is 10.8 Å². The van der Waals surface area contributed by atoms with E-state index in [1.807, 2.05) is 0 Å². The summed E-state index contributed by atoms with van der Waals surface area (Å²) in [6, 6.07) is -4.80. The Balaban J connectivity index is 2.77. The Kier molecular flexibility index (Phi) is 11.5. The van der Waals surface area contributed by atoms with Gasteiger partial charge in [0.05, 0.1) is 19.1 Å². The number of nitrogens with two attached hydrogens (primary N) is 1. The summed E-state index contributed by atoms with van der Waals surface area (Å²) in [6.07, 6.45) is 1.58. The number of nitrogens with one attached hydrogen (secondary N) is 4. The predicted octanol–water partition coefficient (Wildman–Crippen LogP) is -3.13. The molecular formula is C18H31N5O8. The fourth-order valence-electron chi connectivity index (χ4n) is 3.05. The van der Waals surface area contributed by atoms with Crippen LogP contribution in [0, 0.1) is 0 Å². The molecule has 13 nitrogen and oxygen atoms in total. The second-order valence-electron chi connectivity index (χ2n) is 7.24. The molecule has 4 atom stereocenters. The van der Waals surface area contributed by atoms with Crippen molar-refractivity contribution in [1.82, 2.24) is 21.3 Å². The lowest BCUT2D eigenvalue weighted by Crippen LogP contribution is -2.58. The van der Waals surface area contributed by atoms with Crippen LogP contribution in [0.1, 0.15) is 38.5 Å². The number of rotatable bonds is 14. The van der Waals surface area contributed by atoms with Crippen LogP contribution in [-0.4, -0.2) is 88.8 Å². The minimum absolute atomic E-state index is 0.0791. The molecule has 0 unspecified atom stereocenters. The van der Waals surface area contributed by atoms with Gasteiger partial charge in [-0.05, 0) is 45.2 Å². The van der Waals surface area contributed by atoms with Crippen molar-refractivity contribution in [3.05, 3.63) is 0 Å². The van der Waals surface area contributed by atoms with E-state index in [0.29, 0.717) is 32.4 Å².